The van der Waals surface area contributed by atoms with E-state index in [0.29, 0.717) is 18.5 Å². The van der Waals surface area contributed by atoms with Crippen LogP contribution in [-0.2, 0) is 11.3 Å². The summed E-state index contributed by atoms with van der Waals surface area (Å²) in [7, 11) is 0. The van der Waals surface area contributed by atoms with Crippen LogP contribution < -0.4 is 9.64 Å². The molecule has 0 aromatic carbocycles. The molecule has 32 heavy (non-hydrogen) atoms. The van der Waals surface area contributed by atoms with E-state index in [2.05, 4.69) is 26.9 Å². The smallest absolute Gasteiger partial charge is 0.223 e. The number of anilines is 1. The van der Waals surface area contributed by atoms with Gasteiger partial charge in [0.15, 0.2) is 0 Å². The molecule has 0 spiro atoms. The van der Waals surface area contributed by atoms with Gasteiger partial charge in [-0.1, -0.05) is 0 Å². The van der Waals surface area contributed by atoms with Crippen molar-refractivity contribution < 1.29 is 9.47 Å². The van der Waals surface area contributed by atoms with Gasteiger partial charge in [0.1, 0.15) is 18.1 Å². The maximum absolute atomic E-state index is 5.77. The number of nitrogens with zero attached hydrogens (tertiary/aromatic N) is 6. The zero-order valence-electron chi connectivity index (χ0n) is 17.9. The number of piperidine rings is 1. The first-order valence-electron chi connectivity index (χ1n) is 11.5. The third kappa shape index (κ3) is 2.93. The highest BCUT2D eigenvalue weighted by molar-refractivity contribution is 5.69. The number of ether oxygens (including phenoxy) is 2. The van der Waals surface area contributed by atoms with E-state index in [4.69, 9.17) is 19.6 Å². The van der Waals surface area contributed by atoms with Crippen LogP contribution in [0, 0.1) is 5.92 Å². The molecule has 7 heterocycles. The van der Waals surface area contributed by atoms with E-state index in [9.17, 15) is 0 Å². The van der Waals surface area contributed by atoms with Crippen molar-refractivity contribution in [2.45, 2.75) is 31.5 Å². The molecule has 4 aliphatic rings. The van der Waals surface area contributed by atoms with E-state index in [1.807, 2.05) is 29.2 Å². The lowest BCUT2D eigenvalue weighted by Crippen LogP contribution is -2.54. The molecule has 3 aromatic heterocycles. The molecule has 3 saturated heterocycles. The fourth-order valence-corrected chi connectivity index (χ4v) is 5.70. The Labute approximate surface area is 186 Å². The minimum Gasteiger partial charge on any atom is -0.472 e. The summed E-state index contributed by atoms with van der Waals surface area (Å²) in [6, 6.07) is 9.54. The van der Waals surface area contributed by atoms with Crippen LogP contribution in [0.4, 0.5) is 5.82 Å². The van der Waals surface area contributed by atoms with E-state index < -0.39 is 0 Å². The first-order chi connectivity index (χ1) is 15.8. The number of rotatable bonds is 3. The fraction of sp³-hybridized carbons (Fsp3) is 0.458. The van der Waals surface area contributed by atoms with E-state index >= 15 is 0 Å². The van der Waals surface area contributed by atoms with Crippen molar-refractivity contribution in [1.29, 1.82) is 0 Å². The molecule has 0 aliphatic carbocycles. The standard InChI is InChI=1S/C24H26N6O2/c1-2-20-23-17(13-32-24(20)25-7-1)12-30(27-23)18-3-4-22(26-10-18)28-8-6-21-16(11-28)5-9-29(21)19-14-31-15-19/h1-4,7,10,12,16,19,21H,5-6,8-9,11,13-15H2. The third-order valence-electron chi connectivity index (χ3n) is 7.47. The van der Waals surface area contributed by atoms with Crippen LogP contribution in [-0.4, -0.2) is 69.6 Å². The molecule has 0 radical (unpaired) electrons. The van der Waals surface area contributed by atoms with Crippen molar-refractivity contribution in [2.75, 3.05) is 37.7 Å². The Bertz CT molecular complexity index is 1140. The Morgan fingerprint density at radius 1 is 1.03 bits per heavy atom. The summed E-state index contributed by atoms with van der Waals surface area (Å²) in [5.41, 5.74) is 3.91. The molecule has 0 saturated carbocycles. The van der Waals surface area contributed by atoms with Crippen LogP contribution in [0.3, 0.4) is 0 Å². The normalized spacial score (nSPS) is 24.9. The average Bonchev–Trinajstić information content (AvgIpc) is 3.43. The molecule has 8 nitrogen and oxygen atoms in total. The number of fused-ring (bicyclic) bond motifs is 4. The van der Waals surface area contributed by atoms with Gasteiger partial charge in [0, 0.05) is 37.1 Å². The summed E-state index contributed by atoms with van der Waals surface area (Å²) < 4.78 is 13.1. The summed E-state index contributed by atoms with van der Waals surface area (Å²) in [5, 5.41) is 4.81. The molecule has 2 unspecified atom stereocenters. The van der Waals surface area contributed by atoms with Crippen LogP contribution in [0.25, 0.3) is 16.9 Å². The zero-order valence-corrected chi connectivity index (χ0v) is 17.9. The van der Waals surface area contributed by atoms with Gasteiger partial charge in [-0.2, -0.15) is 5.10 Å². The van der Waals surface area contributed by atoms with Crippen LogP contribution >= 0.6 is 0 Å². The van der Waals surface area contributed by atoms with Gasteiger partial charge < -0.3 is 14.4 Å². The highest BCUT2D eigenvalue weighted by atomic mass is 16.5. The van der Waals surface area contributed by atoms with Crippen LogP contribution in [0.15, 0.2) is 42.9 Å². The van der Waals surface area contributed by atoms with E-state index in [1.165, 1.54) is 19.4 Å². The number of hydrogen-bond acceptors (Lipinski definition) is 7. The van der Waals surface area contributed by atoms with Crippen molar-refractivity contribution in [3.05, 3.63) is 48.4 Å². The molecule has 0 N–H and O–H groups in total. The van der Waals surface area contributed by atoms with E-state index in [0.717, 1.165) is 66.6 Å². The predicted molar refractivity (Wildman–Crippen MR) is 119 cm³/mol. The second-order valence-electron chi connectivity index (χ2n) is 9.25. The van der Waals surface area contributed by atoms with E-state index in [-0.39, 0.29) is 0 Å². The number of hydrogen-bond donors (Lipinski definition) is 0. The number of likely N-dealkylation sites (tertiary alicyclic amines) is 1. The van der Waals surface area contributed by atoms with Crippen LogP contribution in [0.5, 0.6) is 5.88 Å². The minimum atomic E-state index is 0.491. The summed E-state index contributed by atoms with van der Waals surface area (Å²) in [6.45, 7) is 5.70. The number of pyridine rings is 2. The third-order valence-corrected chi connectivity index (χ3v) is 7.47. The minimum absolute atomic E-state index is 0.491. The first kappa shape index (κ1) is 18.6. The van der Waals surface area contributed by atoms with Crippen LogP contribution in [0.2, 0.25) is 0 Å². The average molecular weight is 431 g/mol. The lowest BCUT2D eigenvalue weighted by Gasteiger charge is -2.43. The zero-order chi connectivity index (χ0) is 21.1. The molecule has 164 valence electrons. The van der Waals surface area contributed by atoms with Crippen molar-refractivity contribution in [2.24, 2.45) is 5.92 Å². The Balaban J connectivity index is 1.08. The molecule has 0 bridgehead atoms. The fourth-order valence-electron chi connectivity index (χ4n) is 5.70. The van der Waals surface area contributed by atoms with Gasteiger partial charge in [0.25, 0.3) is 0 Å². The highest BCUT2D eigenvalue weighted by Gasteiger charge is 2.43. The van der Waals surface area contributed by atoms with E-state index in [1.54, 1.807) is 6.20 Å². The number of aromatic nitrogens is 4. The summed E-state index contributed by atoms with van der Waals surface area (Å²) in [6.07, 6.45) is 8.20. The Morgan fingerprint density at radius 3 is 2.84 bits per heavy atom. The Kier molecular flexibility index (Phi) is 4.23. The van der Waals surface area contributed by atoms with Crippen molar-refractivity contribution in [1.82, 2.24) is 24.6 Å². The largest absolute Gasteiger partial charge is 0.472 e. The summed E-state index contributed by atoms with van der Waals surface area (Å²) in [4.78, 5) is 14.3. The predicted octanol–water partition coefficient (Wildman–Crippen LogP) is 2.52. The molecular weight excluding hydrogens is 404 g/mol. The molecular formula is C24H26N6O2. The molecule has 3 fully saturated rings. The van der Waals surface area contributed by atoms with Gasteiger partial charge in [-0.3, -0.25) is 4.90 Å². The van der Waals surface area contributed by atoms with Crippen LogP contribution in [0.1, 0.15) is 18.4 Å². The molecule has 8 heteroatoms. The molecule has 7 rings (SSSR count). The van der Waals surface area contributed by atoms with Gasteiger partial charge in [-0.05, 0) is 49.6 Å². The van der Waals surface area contributed by atoms with Crippen molar-refractivity contribution in [3.63, 3.8) is 0 Å². The quantitative estimate of drug-likeness (QED) is 0.632. The Morgan fingerprint density at radius 2 is 2.00 bits per heavy atom. The second-order valence-corrected chi connectivity index (χ2v) is 9.25. The van der Waals surface area contributed by atoms with Gasteiger partial charge >= 0.3 is 0 Å². The van der Waals surface area contributed by atoms with Gasteiger partial charge in [0.05, 0.1) is 36.7 Å². The molecule has 0 amide bonds. The maximum Gasteiger partial charge on any atom is 0.223 e. The lowest BCUT2D eigenvalue weighted by atomic mass is 9.92. The monoisotopic (exact) mass is 430 g/mol. The van der Waals surface area contributed by atoms with Crippen molar-refractivity contribution in [3.8, 4) is 22.8 Å². The summed E-state index contributed by atoms with van der Waals surface area (Å²) in [5.74, 6) is 2.45. The Hall–Kier alpha value is -2.97. The first-order valence-corrected chi connectivity index (χ1v) is 11.5. The SMILES string of the molecule is c1cnc2c(c1)-c1nn(-c3ccc(N4CCC5C(CCN5C5COC5)C4)nc3)cc1CO2. The second kappa shape index (κ2) is 7.28. The molecule has 2 atom stereocenters. The van der Waals surface area contributed by atoms with Gasteiger partial charge in [0.2, 0.25) is 5.88 Å². The summed E-state index contributed by atoms with van der Waals surface area (Å²) >= 11 is 0. The van der Waals surface area contributed by atoms with Gasteiger partial charge in [-0.15, -0.1) is 0 Å². The molecule has 3 aromatic rings. The molecule has 4 aliphatic heterocycles. The van der Waals surface area contributed by atoms with Gasteiger partial charge in [-0.25, -0.2) is 14.6 Å². The maximum atomic E-state index is 5.77. The lowest BCUT2D eigenvalue weighted by molar-refractivity contribution is -0.0732. The topological polar surface area (TPSA) is 68.5 Å². The highest BCUT2D eigenvalue weighted by Crippen LogP contribution is 2.36. The van der Waals surface area contributed by atoms with Crippen molar-refractivity contribution >= 4 is 5.82 Å².